The van der Waals surface area contributed by atoms with E-state index in [2.05, 4.69) is 5.73 Å². The van der Waals surface area contributed by atoms with Crippen molar-refractivity contribution in [1.29, 1.82) is 0 Å². The quantitative estimate of drug-likeness (QED) is 0.384. The zero-order chi connectivity index (χ0) is 8.36. The molecule has 0 saturated heterocycles. The normalized spacial score (nSPS) is 11.2. The Balaban J connectivity index is 3.80. The van der Waals surface area contributed by atoms with E-state index in [-0.39, 0.29) is 5.06 Å². The van der Waals surface area contributed by atoms with Gasteiger partial charge in [-0.05, 0) is 0 Å². The first-order valence-corrected chi connectivity index (χ1v) is 3.29. The summed E-state index contributed by atoms with van der Waals surface area (Å²) in [5.74, 6) is 0. The Bertz CT molecular complexity index is 134. The number of primary amides is 1. The highest BCUT2D eigenvalue weighted by molar-refractivity contribution is 6.67. The van der Waals surface area contributed by atoms with Gasteiger partial charge in [0.25, 0.3) is 0 Å². The summed E-state index contributed by atoms with van der Waals surface area (Å²) < 4.78 is -1.70. The van der Waals surface area contributed by atoms with E-state index in [4.69, 9.17) is 40.0 Å². The van der Waals surface area contributed by atoms with E-state index >= 15 is 0 Å². The minimum Gasteiger partial charge on any atom is -0.350 e. The fourth-order valence-electron chi connectivity index (χ4n) is 0.248. The molecule has 60 valence electrons. The first-order chi connectivity index (χ1) is 4.33. The molecule has 0 aromatic heterocycles. The van der Waals surface area contributed by atoms with Crippen LogP contribution in [-0.2, 0) is 0 Å². The van der Waals surface area contributed by atoms with E-state index in [0.717, 1.165) is 0 Å². The van der Waals surface area contributed by atoms with Crippen LogP contribution in [0.2, 0.25) is 0 Å². The van der Waals surface area contributed by atoms with Gasteiger partial charge in [-0.2, -0.15) is 0 Å². The van der Waals surface area contributed by atoms with E-state index in [1.807, 2.05) is 0 Å². The molecule has 3 N–H and O–H groups in total. The lowest BCUT2D eigenvalue weighted by molar-refractivity contribution is -0.0375. The Labute approximate surface area is 72.4 Å². The molecular formula is C3H5Cl3N2O2. The third-order valence-corrected chi connectivity index (χ3v) is 0.942. The van der Waals surface area contributed by atoms with Crippen LogP contribution >= 0.6 is 34.8 Å². The van der Waals surface area contributed by atoms with E-state index in [1.165, 1.54) is 0 Å². The number of hydrogen-bond donors (Lipinski definition) is 2. The Kier molecular flexibility index (Phi) is 3.51. The standard InChI is InChI=1S/C3H5Cl3N2O2/c4-3(5,6)1-8(10)2(7)9/h10H,1H2,(H2,7,9). The molecule has 7 heteroatoms. The maximum atomic E-state index is 10.1. The van der Waals surface area contributed by atoms with Crippen molar-refractivity contribution in [2.24, 2.45) is 5.73 Å². The molecule has 0 radical (unpaired) electrons. The maximum Gasteiger partial charge on any atom is 0.338 e. The molecule has 2 amide bonds. The molecule has 0 spiro atoms. The number of nitrogens with two attached hydrogens (primary N) is 1. The van der Waals surface area contributed by atoms with E-state index in [1.54, 1.807) is 0 Å². The molecule has 0 saturated carbocycles. The summed E-state index contributed by atoms with van der Waals surface area (Å²) in [6.07, 6.45) is 0. The van der Waals surface area contributed by atoms with E-state index < -0.39 is 16.4 Å². The highest BCUT2D eigenvalue weighted by Crippen LogP contribution is 2.26. The summed E-state index contributed by atoms with van der Waals surface area (Å²) in [6, 6.07) is -1.06. The van der Waals surface area contributed by atoms with Gasteiger partial charge in [0.05, 0.1) is 6.54 Å². The Morgan fingerprint density at radius 3 is 2.10 bits per heavy atom. The van der Waals surface area contributed by atoms with Crippen molar-refractivity contribution < 1.29 is 10.0 Å². The minimum absolute atomic E-state index is 0.118. The molecule has 0 rings (SSSR count). The molecule has 0 aliphatic heterocycles. The number of amides is 2. The molecule has 0 aliphatic carbocycles. The van der Waals surface area contributed by atoms with Crippen molar-refractivity contribution >= 4 is 40.8 Å². The molecule has 0 unspecified atom stereocenters. The third kappa shape index (κ3) is 4.93. The largest absolute Gasteiger partial charge is 0.350 e. The predicted octanol–water partition coefficient (Wildman–Crippen LogP) is 1.13. The lowest BCUT2D eigenvalue weighted by Crippen LogP contribution is -2.38. The van der Waals surface area contributed by atoms with Gasteiger partial charge in [0.1, 0.15) is 0 Å². The number of rotatable bonds is 1. The summed E-state index contributed by atoms with van der Waals surface area (Å²) in [6.45, 7) is -0.451. The van der Waals surface area contributed by atoms with Gasteiger partial charge in [0.2, 0.25) is 3.79 Å². The van der Waals surface area contributed by atoms with Crippen molar-refractivity contribution in [2.45, 2.75) is 3.79 Å². The van der Waals surface area contributed by atoms with Crippen molar-refractivity contribution in [3.05, 3.63) is 0 Å². The number of urea groups is 1. The molecule has 0 heterocycles. The molecule has 0 aliphatic rings. The average molecular weight is 207 g/mol. The van der Waals surface area contributed by atoms with Crippen LogP contribution in [0.25, 0.3) is 0 Å². The van der Waals surface area contributed by atoms with Crippen LogP contribution < -0.4 is 5.73 Å². The number of alkyl halides is 3. The van der Waals surface area contributed by atoms with Crippen LogP contribution in [0, 0.1) is 0 Å². The highest BCUT2D eigenvalue weighted by atomic mass is 35.6. The maximum absolute atomic E-state index is 10.1. The predicted molar refractivity (Wildman–Crippen MR) is 38.4 cm³/mol. The average Bonchev–Trinajstić information content (AvgIpc) is 1.60. The number of nitrogens with zero attached hydrogens (tertiary/aromatic N) is 1. The van der Waals surface area contributed by atoms with Crippen molar-refractivity contribution in [1.82, 2.24) is 5.06 Å². The van der Waals surface area contributed by atoms with Crippen LogP contribution in [0.15, 0.2) is 0 Å². The van der Waals surface area contributed by atoms with Crippen molar-refractivity contribution in [2.75, 3.05) is 6.54 Å². The molecule has 0 atom stereocenters. The molecule has 0 aromatic rings. The topological polar surface area (TPSA) is 66.6 Å². The Morgan fingerprint density at radius 2 is 2.00 bits per heavy atom. The van der Waals surface area contributed by atoms with Gasteiger partial charge in [0, 0.05) is 0 Å². The second-order valence-corrected chi connectivity index (χ2v) is 4.03. The second kappa shape index (κ2) is 3.48. The molecule has 0 fully saturated rings. The van der Waals surface area contributed by atoms with Crippen LogP contribution in [0.1, 0.15) is 0 Å². The zero-order valence-corrected chi connectivity index (χ0v) is 6.99. The fourth-order valence-corrected chi connectivity index (χ4v) is 0.587. The fraction of sp³-hybridized carbons (Fsp3) is 0.667. The SMILES string of the molecule is NC(=O)N(O)CC(Cl)(Cl)Cl. The second-order valence-electron chi connectivity index (χ2n) is 1.51. The van der Waals surface area contributed by atoms with Crippen molar-refractivity contribution in [3.63, 3.8) is 0 Å². The van der Waals surface area contributed by atoms with Gasteiger partial charge < -0.3 is 5.73 Å². The van der Waals surface area contributed by atoms with Gasteiger partial charge in [-0.3, -0.25) is 5.21 Å². The zero-order valence-electron chi connectivity index (χ0n) is 4.72. The molecule has 4 nitrogen and oxygen atoms in total. The van der Waals surface area contributed by atoms with Crippen LogP contribution in [0.4, 0.5) is 4.79 Å². The number of hydrogen-bond acceptors (Lipinski definition) is 2. The van der Waals surface area contributed by atoms with Gasteiger partial charge in [-0.25, -0.2) is 9.86 Å². The van der Waals surface area contributed by atoms with Gasteiger partial charge >= 0.3 is 6.03 Å². The van der Waals surface area contributed by atoms with Crippen LogP contribution in [0.5, 0.6) is 0 Å². The molecule has 0 aromatic carbocycles. The number of hydroxylamine groups is 2. The van der Waals surface area contributed by atoms with Crippen LogP contribution in [0.3, 0.4) is 0 Å². The summed E-state index contributed by atoms with van der Waals surface area (Å²) in [7, 11) is 0. The van der Waals surface area contributed by atoms with Gasteiger partial charge in [-0.1, -0.05) is 34.8 Å². The Hall–Kier alpha value is 0.1000. The number of halogens is 3. The monoisotopic (exact) mass is 206 g/mol. The van der Waals surface area contributed by atoms with Crippen LogP contribution in [-0.4, -0.2) is 26.6 Å². The third-order valence-electron chi connectivity index (χ3n) is 0.583. The van der Waals surface area contributed by atoms with Gasteiger partial charge in [0.15, 0.2) is 0 Å². The summed E-state index contributed by atoms with van der Waals surface area (Å²) in [5.41, 5.74) is 4.60. The minimum atomic E-state index is -1.70. The lowest BCUT2D eigenvalue weighted by atomic mass is 10.7. The van der Waals surface area contributed by atoms with E-state index in [9.17, 15) is 4.79 Å². The first kappa shape index (κ1) is 10.1. The summed E-state index contributed by atoms with van der Waals surface area (Å²) in [5, 5.41) is 8.69. The van der Waals surface area contributed by atoms with Gasteiger partial charge in [-0.15, -0.1) is 0 Å². The first-order valence-electron chi connectivity index (χ1n) is 2.15. The Morgan fingerprint density at radius 1 is 1.60 bits per heavy atom. The molecule has 10 heavy (non-hydrogen) atoms. The summed E-state index contributed by atoms with van der Waals surface area (Å²) >= 11 is 15.6. The summed E-state index contributed by atoms with van der Waals surface area (Å²) in [4.78, 5) is 10.1. The molecular weight excluding hydrogens is 202 g/mol. The lowest BCUT2D eigenvalue weighted by Gasteiger charge is -2.16. The highest BCUT2D eigenvalue weighted by Gasteiger charge is 2.24. The molecule has 0 bridgehead atoms. The smallest absolute Gasteiger partial charge is 0.338 e. The van der Waals surface area contributed by atoms with E-state index in [0.29, 0.717) is 0 Å². The van der Waals surface area contributed by atoms with Crippen molar-refractivity contribution in [3.8, 4) is 0 Å². The number of carbonyl (C=O) groups excluding carboxylic acids is 1. The number of carbonyl (C=O) groups is 1.